The van der Waals surface area contributed by atoms with Gasteiger partial charge in [0, 0.05) is 24.4 Å². The van der Waals surface area contributed by atoms with Crippen molar-refractivity contribution < 1.29 is 14.3 Å². The van der Waals surface area contributed by atoms with E-state index in [9.17, 15) is 9.59 Å². The number of hydrogen-bond donors (Lipinski definition) is 1. The second-order valence-corrected chi connectivity index (χ2v) is 5.30. The molecule has 3 heterocycles. The number of hydrogen-bond acceptors (Lipinski definition) is 5. The number of pyridine rings is 1. The van der Waals surface area contributed by atoms with Crippen LogP contribution in [0.2, 0.25) is 0 Å². The first-order valence-corrected chi connectivity index (χ1v) is 7.44. The molecule has 3 aromatic rings. The highest BCUT2D eigenvalue weighted by molar-refractivity contribution is 5.91. The van der Waals surface area contributed by atoms with Crippen LogP contribution in [-0.2, 0) is 11.3 Å². The lowest BCUT2D eigenvalue weighted by atomic mass is 10.2. The number of fused-ring (bicyclic) bond motifs is 2. The van der Waals surface area contributed by atoms with Crippen LogP contribution in [0.15, 0.2) is 47.4 Å². The summed E-state index contributed by atoms with van der Waals surface area (Å²) < 4.78 is 13.2. The predicted octanol–water partition coefficient (Wildman–Crippen LogP) is 1.25. The molecule has 1 aliphatic heterocycles. The van der Waals surface area contributed by atoms with Gasteiger partial charge in [-0.25, -0.2) is 9.48 Å². The first kappa shape index (κ1) is 14.3. The average Bonchev–Trinajstić information content (AvgIpc) is 3.17. The van der Waals surface area contributed by atoms with Crippen LogP contribution in [0.5, 0.6) is 11.5 Å². The summed E-state index contributed by atoms with van der Waals surface area (Å²) in [6, 6.07) is 10.5. The lowest BCUT2D eigenvalue weighted by molar-refractivity contribution is -0.116. The van der Waals surface area contributed by atoms with E-state index in [1.54, 1.807) is 42.6 Å². The maximum Gasteiger partial charge on any atom is 0.350 e. The molecule has 0 atom stereocenters. The highest BCUT2D eigenvalue weighted by Crippen LogP contribution is 2.34. The summed E-state index contributed by atoms with van der Waals surface area (Å²) in [5.41, 5.74) is 0.909. The van der Waals surface area contributed by atoms with Crippen molar-refractivity contribution in [3.8, 4) is 11.5 Å². The topological polar surface area (TPSA) is 86.9 Å². The normalized spacial score (nSPS) is 12.5. The van der Waals surface area contributed by atoms with Crippen molar-refractivity contribution in [1.29, 1.82) is 0 Å². The van der Waals surface area contributed by atoms with Gasteiger partial charge in [0.2, 0.25) is 12.7 Å². The molecule has 2 aromatic heterocycles. The quantitative estimate of drug-likeness (QED) is 0.780. The molecule has 8 nitrogen and oxygen atoms in total. The number of nitrogens with zero attached hydrogens (tertiary/aromatic N) is 3. The van der Waals surface area contributed by atoms with E-state index < -0.39 is 0 Å². The Bertz CT molecular complexity index is 976. The van der Waals surface area contributed by atoms with Crippen molar-refractivity contribution in [2.24, 2.45) is 0 Å². The molecule has 0 saturated carbocycles. The smallest absolute Gasteiger partial charge is 0.350 e. The van der Waals surface area contributed by atoms with E-state index in [-0.39, 0.29) is 31.4 Å². The Balaban J connectivity index is 1.43. The zero-order valence-corrected chi connectivity index (χ0v) is 12.6. The van der Waals surface area contributed by atoms with E-state index in [0.717, 1.165) is 0 Å². The third-order valence-electron chi connectivity index (χ3n) is 3.70. The number of aromatic nitrogens is 3. The van der Waals surface area contributed by atoms with Gasteiger partial charge in [-0.15, -0.1) is 5.10 Å². The lowest BCUT2D eigenvalue weighted by Gasteiger charge is -2.06. The van der Waals surface area contributed by atoms with Crippen molar-refractivity contribution in [2.75, 3.05) is 12.1 Å². The van der Waals surface area contributed by atoms with Crippen LogP contribution in [0.4, 0.5) is 5.69 Å². The number of nitrogens with one attached hydrogen (secondary N) is 1. The largest absolute Gasteiger partial charge is 0.454 e. The Labute approximate surface area is 136 Å². The van der Waals surface area contributed by atoms with Crippen LogP contribution in [-0.4, -0.2) is 26.9 Å². The summed E-state index contributed by atoms with van der Waals surface area (Å²) in [4.78, 5) is 24.2. The van der Waals surface area contributed by atoms with E-state index in [2.05, 4.69) is 10.4 Å². The summed E-state index contributed by atoms with van der Waals surface area (Å²) in [6.45, 7) is 0.389. The first-order chi connectivity index (χ1) is 11.7. The van der Waals surface area contributed by atoms with Crippen LogP contribution in [0.1, 0.15) is 6.42 Å². The van der Waals surface area contributed by atoms with Crippen LogP contribution in [0, 0.1) is 0 Å². The monoisotopic (exact) mass is 326 g/mol. The zero-order chi connectivity index (χ0) is 16.5. The molecular formula is C16H14N4O4. The van der Waals surface area contributed by atoms with Gasteiger partial charge in [-0.1, -0.05) is 6.07 Å². The third kappa shape index (κ3) is 2.58. The fraction of sp³-hybridized carbons (Fsp3) is 0.188. The molecule has 0 saturated heterocycles. The van der Waals surface area contributed by atoms with Crippen LogP contribution in [0.3, 0.4) is 0 Å². The fourth-order valence-corrected chi connectivity index (χ4v) is 2.52. The van der Waals surface area contributed by atoms with E-state index in [4.69, 9.17) is 9.47 Å². The van der Waals surface area contributed by atoms with E-state index >= 15 is 0 Å². The van der Waals surface area contributed by atoms with Gasteiger partial charge in [0.15, 0.2) is 17.1 Å². The van der Waals surface area contributed by atoms with Gasteiger partial charge in [-0.3, -0.25) is 9.20 Å². The molecule has 0 aliphatic carbocycles. The second kappa shape index (κ2) is 5.73. The molecule has 1 N–H and O–H groups in total. The average molecular weight is 326 g/mol. The van der Waals surface area contributed by atoms with Gasteiger partial charge in [0.25, 0.3) is 0 Å². The number of carbonyl (C=O) groups is 1. The minimum absolute atomic E-state index is 0.137. The summed E-state index contributed by atoms with van der Waals surface area (Å²) in [5.74, 6) is 1.05. The molecule has 122 valence electrons. The van der Waals surface area contributed by atoms with Gasteiger partial charge in [-0.2, -0.15) is 0 Å². The Morgan fingerprint density at radius 3 is 2.96 bits per heavy atom. The van der Waals surface area contributed by atoms with Crippen LogP contribution in [0.25, 0.3) is 5.65 Å². The number of aryl methyl sites for hydroxylation is 1. The number of amides is 1. The van der Waals surface area contributed by atoms with Crippen molar-refractivity contribution in [3.63, 3.8) is 0 Å². The van der Waals surface area contributed by atoms with Crippen molar-refractivity contribution in [2.45, 2.75) is 13.0 Å². The molecule has 1 amide bonds. The van der Waals surface area contributed by atoms with E-state index in [0.29, 0.717) is 22.8 Å². The van der Waals surface area contributed by atoms with Gasteiger partial charge in [0.1, 0.15) is 0 Å². The molecule has 1 aromatic carbocycles. The van der Waals surface area contributed by atoms with Gasteiger partial charge in [-0.05, 0) is 24.3 Å². The standard InChI is InChI=1S/C16H14N4O4/c21-15(17-11-4-5-12-13(9-11)24-10-23-12)6-8-20-16(22)19-7-2-1-3-14(19)18-20/h1-5,7,9H,6,8,10H2,(H,17,21). The third-order valence-corrected chi connectivity index (χ3v) is 3.70. The molecule has 1 aliphatic rings. The van der Waals surface area contributed by atoms with Crippen molar-refractivity contribution in [3.05, 3.63) is 53.1 Å². The number of rotatable bonds is 4. The molecule has 0 spiro atoms. The highest BCUT2D eigenvalue weighted by atomic mass is 16.7. The van der Waals surface area contributed by atoms with Crippen molar-refractivity contribution in [1.82, 2.24) is 14.2 Å². The number of ether oxygens (including phenoxy) is 2. The minimum Gasteiger partial charge on any atom is -0.454 e. The highest BCUT2D eigenvalue weighted by Gasteiger charge is 2.14. The number of benzene rings is 1. The molecule has 0 radical (unpaired) electrons. The van der Waals surface area contributed by atoms with E-state index in [1.165, 1.54) is 9.08 Å². The number of carbonyl (C=O) groups excluding carboxylic acids is 1. The predicted molar refractivity (Wildman–Crippen MR) is 85.3 cm³/mol. The minimum atomic E-state index is -0.263. The van der Waals surface area contributed by atoms with Crippen LogP contribution >= 0.6 is 0 Å². The summed E-state index contributed by atoms with van der Waals surface area (Å²) in [5, 5.41) is 6.96. The lowest BCUT2D eigenvalue weighted by Crippen LogP contribution is -2.24. The second-order valence-electron chi connectivity index (χ2n) is 5.30. The first-order valence-electron chi connectivity index (χ1n) is 7.44. The maximum absolute atomic E-state index is 12.1. The molecule has 24 heavy (non-hydrogen) atoms. The summed E-state index contributed by atoms with van der Waals surface area (Å²) in [6.07, 6.45) is 1.78. The Morgan fingerprint density at radius 1 is 1.21 bits per heavy atom. The molecule has 4 rings (SSSR count). The SMILES string of the molecule is O=C(CCn1nc2ccccn2c1=O)Nc1ccc2c(c1)OCO2. The number of anilines is 1. The summed E-state index contributed by atoms with van der Waals surface area (Å²) >= 11 is 0. The molecular weight excluding hydrogens is 312 g/mol. The molecule has 0 fully saturated rings. The Hall–Kier alpha value is -3.29. The Kier molecular flexibility index (Phi) is 3.42. The molecule has 0 unspecified atom stereocenters. The Morgan fingerprint density at radius 2 is 2.08 bits per heavy atom. The van der Waals surface area contributed by atoms with Crippen molar-refractivity contribution >= 4 is 17.2 Å². The molecule has 0 bridgehead atoms. The summed E-state index contributed by atoms with van der Waals surface area (Å²) in [7, 11) is 0. The molecule has 8 heteroatoms. The van der Waals surface area contributed by atoms with Gasteiger partial charge in [0.05, 0.1) is 6.54 Å². The van der Waals surface area contributed by atoms with Crippen LogP contribution < -0.4 is 20.5 Å². The van der Waals surface area contributed by atoms with Gasteiger partial charge >= 0.3 is 5.69 Å². The zero-order valence-electron chi connectivity index (χ0n) is 12.6. The maximum atomic E-state index is 12.1. The fourth-order valence-electron chi connectivity index (χ4n) is 2.52. The van der Waals surface area contributed by atoms with Gasteiger partial charge < -0.3 is 14.8 Å². The van der Waals surface area contributed by atoms with E-state index in [1.807, 2.05) is 0 Å².